The number of ether oxygens (including phenoxy) is 1. The van der Waals surface area contributed by atoms with E-state index in [-0.39, 0.29) is 0 Å². The zero-order chi connectivity index (χ0) is 13.7. The molecule has 1 aromatic heterocycles. The largest absolute Gasteiger partial charge is 0.388 e. The molecule has 0 amide bonds. The van der Waals surface area contributed by atoms with E-state index in [0.717, 1.165) is 23.1 Å². The van der Waals surface area contributed by atoms with E-state index >= 15 is 0 Å². The lowest BCUT2D eigenvalue weighted by Crippen LogP contribution is -2.00. The van der Waals surface area contributed by atoms with Gasteiger partial charge in [-0.1, -0.05) is 24.3 Å². The van der Waals surface area contributed by atoms with Crippen molar-refractivity contribution in [2.75, 3.05) is 7.11 Å². The Morgan fingerprint density at radius 2 is 2.00 bits per heavy atom. The number of nitrogens with zero attached hydrogens (tertiary/aromatic N) is 2. The van der Waals surface area contributed by atoms with Gasteiger partial charge >= 0.3 is 0 Å². The van der Waals surface area contributed by atoms with Gasteiger partial charge in [-0.2, -0.15) is 5.10 Å². The van der Waals surface area contributed by atoms with Crippen molar-refractivity contribution in [1.29, 1.82) is 0 Å². The minimum Gasteiger partial charge on any atom is -0.388 e. The number of aryl methyl sites for hydroxylation is 2. The molecule has 0 bridgehead atoms. The lowest BCUT2D eigenvalue weighted by atomic mass is 10.0. The van der Waals surface area contributed by atoms with E-state index in [1.54, 1.807) is 11.8 Å². The summed E-state index contributed by atoms with van der Waals surface area (Å²) in [5.74, 6) is 0. The molecule has 1 atom stereocenters. The first kappa shape index (κ1) is 13.8. The summed E-state index contributed by atoms with van der Waals surface area (Å²) in [7, 11) is 3.57. The van der Waals surface area contributed by atoms with Crippen molar-refractivity contribution in [1.82, 2.24) is 9.78 Å². The fourth-order valence-electron chi connectivity index (χ4n) is 2.07. The fraction of sp³-hybridized carbons (Fsp3) is 0.400. The number of aliphatic hydroxyl groups is 1. The van der Waals surface area contributed by atoms with Crippen LogP contribution in [0.25, 0.3) is 0 Å². The quantitative estimate of drug-likeness (QED) is 0.866. The smallest absolute Gasteiger partial charge is 0.0793 e. The third kappa shape index (κ3) is 3.91. The minimum atomic E-state index is -0.434. The summed E-state index contributed by atoms with van der Waals surface area (Å²) in [6, 6.07) is 7.91. The second-order valence-electron chi connectivity index (χ2n) is 4.75. The van der Waals surface area contributed by atoms with Gasteiger partial charge in [0, 0.05) is 20.4 Å². The predicted molar refractivity (Wildman–Crippen MR) is 73.6 cm³/mol. The van der Waals surface area contributed by atoms with E-state index in [1.165, 1.54) is 0 Å². The molecule has 1 aromatic carbocycles. The number of hydrogen-bond donors (Lipinski definition) is 1. The Bertz CT molecular complexity index is 505. The van der Waals surface area contributed by atoms with E-state index < -0.39 is 6.10 Å². The molecular weight excluding hydrogens is 240 g/mol. The first-order valence-corrected chi connectivity index (χ1v) is 6.42. The van der Waals surface area contributed by atoms with E-state index in [2.05, 4.69) is 5.10 Å². The van der Waals surface area contributed by atoms with Gasteiger partial charge < -0.3 is 9.84 Å². The van der Waals surface area contributed by atoms with Gasteiger partial charge in [0.2, 0.25) is 0 Å². The highest BCUT2D eigenvalue weighted by atomic mass is 16.5. The van der Waals surface area contributed by atoms with Gasteiger partial charge in [-0.25, -0.2) is 0 Å². The molecular formula is C15H20N2O2. The summed E-state index contributed by atoms with van der Waals surface area (Å²) in [6.07, 6.45) is 4.92. The maximum atomic E-state index is 10.2. The molecule has 1 unspecified atom stereocenters. The highest BCUT2D eigenvalue weighted by molar-refractivity contribution is 5.24. The molecule has 0 aliphatic rings. The first-order valence-electron chi connectivity index (χ1n) is 6.42. The standard InChI is InChI=1S/C15H20N2O2/c1-17-10-13(9-16-17)5-8-15(18)14-6-3-12(4-7-14)11-19-2/h3-4,6-7,9-10,15,18H,5,8,11H2,1-2H3. The summed E-state index contributed by atoms with van der Waals surface area (Å²) < 4.78 is 6.84. The molecule has 2 aromatic rings. The third-order valence-electron chi connectivity index (χ3n) is 3.14. The van der Waals surface area contributed by atoms with Gasteiger partial charge in [-0.05, 0) is 29.5 Å². The first-order chi connectivity index (χ1) is 9.19. The molecule has 0 saturated carbocycles. The molecule has 0 aliphatic heterocycles. The van der Waals surface area contributed by atoms with Crippen LogP contribution in [0, 0.1) is 0 Å². The zero-order valence-electron chi connectivity index (χ0n) is 11.4. The summed E-state index contributed by atoms with van der Waals surface area (Å²) in [5.41, 5.74) is 3.21. The molecule has 0 spiro atoms. The molecule has 1 heterocycles. The van der Waals surface area contributed by atoms with Crippen LogP contribution in [0.3, 0.4) is 0 Å². The number of aromatic nitrogens is 2. The Hall–Kier alpha value is -1.65. The number of hydrogen-bond acceptors (Lipinski definition) is 3. The van der Waals surface area contributed by atoms with E-state index in [1.807, 2.05) is 43.7 Å². The van der Waals surface area contributed by atoms with Gasteiger partial charge in [0.15, 0.2) is 0 Å². The highest BCUT2D eigenvalue weighted by Gasteiger charge is 2.08. The average molecular weight is 260 g/mol. The molecule has 0 saturated heterocycles. The maximum Gasteiger partial charge on any atom is 0.0793 e. The molecule has 2 rings (SSSR count). The maximum absolute atomic E-state index is 10.2. The lowest BCUT2D eigenvalue weighted by molar-refractivity contribution is 0.167. The van der Waals surface area contributed by atoms with Crippen LogP contribution in [0.2, 0.25) is 0 Å². The molecule has 0 radical (unpaired) electrons. The molecule has 1 N–H and O–H groups in total. The second-order valence-corrected chi connectivity index (χ2v) is 4.75. The molecule has 0 fully saturated rings. The lowest BCUT2D eigenvalue weighted by Gasteiger charge is -2.11. The van der Waals surface area contributed by atoms with Crippen molar-refractivity contribution >= 4 is 0 Å². The monoisotopic (exact) mass is 260 g/mol. The average Bonchev–Trinajstić information content (AvgIpc) is 2.83. The van der Waals surface area contributed by atoms with Crippen LogP contribution in [0.1, 0.15) is 29.2 Å². The predicted octanol–water partition coefficient (Wildman–Crippen LogP) is 2.23. The Morgan fingerprint density at radius 1 is 1.26 bits per heavy atom. The van der Waals surface area contributed by atoms with Crippen molar-refractivity contribution in [3.63, 3.8) is 0 Å². The topological polar surface area (TPSA) is 47.3 Å². The summed E-state index contributed by atoms with van der Waals surface area (Å²) in [6.45, 7) is 0.603. The Kier molecular flexibility index (Phi) is 4.71. The van der Waals surface area contributed by atoms with Gasteiger partial charge in [0.1, 0.15) is 0 Å². The van der Waals surface area contributed by atoms with Crippen molar-refractivity contribution < 1.29 is 9.84 Å². The number of methoxy groups -OCH3 is 1. The number of aliphatic hydroxyl groups excluding tert-OH is 1. The normalized spacial score (nSPS) is 12.6. The van der Waals surface area contributed by atoms with E-state index in [0.29, 0.717) is 13.0 Å². The number of rotatable bonds is 6. The van der Waals surface area contributed by atoms with Crippen molar-refractivity contribution in [2.24, 2.45) is 7.05 Å². The second kappa shape index (κ2) is 6.50. The van der Waals surface area contributed by atoms with Crippen molar-refractivity contribution in [2.45, 2.75) is 25.6 Å². The van der Waals surface area contributed by atoms with Crippen LogP contribution in [-0.2, 0) is 24.8 Å². The minimum absolute atomic E-state index is 0.434. The van der Waals surface area contributed by atoms with Crippen LogP contribution in [0.15, 0.2) is 36.7 Å². The summed E-state index contributed by atoms with van der Waals surface area (Å²) in [5, 5.41) is 14.3. The summed E-state index contributed by atoms with van der Waals surface area (Å²) in [4.78, 5) is 0. The van der Waals surface area contributed by atoms with Crippen LogP contribution in [-0.4, -0.2) is 22.0 Å². The van der Waals surface area contributed by atoms with Gasteiger partial charge in [0.25, 0.3) is 0 Å². The van der Waals surface area contributed by atoms with Gasteiger partial charge in [-0.3, -0.25) is 4.68 Å². The van der Waals surface area contributed by atoms with Crippen LogP contribution >= 0.6 is 0 Å². The van der Waals surface area contributed by atoms with Gasteiger partial charge in [0.05, 0.1) is 18.9 Å². The Morgan fingerprint density at radius 3 is 2.58 bits per heavy atom. The van der Waals surface area contributed by atoms with Gasteiger partial charge in [-0.15, -0.1) is 0 Å². The van der Waals surface area contributed by atoms with Crippen LogP contribution in [0.4, 0.5) is 0 Å². The zero-order valence-corrected chi connectivity index (χ0v) is 11.4. The number of benzene rings is 1. The molecule has 0 aliphatic carbocycles. The van der Waals surface area contributed by atoms with E-state index in [9.17, 15) is 5.11 Å². The Labute approximate surface area is 113 Å². The SMILES string of the molecule is COCc1ccc(C(O)CCc2cnn(C)c2)cc1. The highest BCUT2D eigenvalue weighted by Crippen LogP contribution is 2.19. The van der Waals surface area contributed by atoms with Crippen LogP contribution < -0.4 is 0 Å². The fourth-order valence-corrected chi connectivity index (χ4v) is 2.07. The van der Waals surface area contributed by atoms with E-state index in [4.69, 9.17) is 4.74 Å². The van der Waals surface area contributed by atoms with Crippen LogP contribution in [0.5, 0.6) is 0 Å². The van der Waals surface area contributed by atoms with Crippen molar-refractivity contribution in [3.8, 4) is 0 Å². The third-order valence-corrected chi connectivity index (χ3v) is 3.14. The molecule has 4 heteroatoms. The Balaban J connectivity index is 1.90. The molecule has 4 nitrogen and oxygen atoms in total. The molecule has 102 valence electrons. The summed E-state index contributed by atoms with van der Waals surface area (Å²) >= 11 is 0. The molecule has 19 heavy (non-hydrogen) atoms. The van der Waals surface area contributed by atoms with Crippen molar-refractivity contribution in [3.05, 3.63) is 53.3 Å².